The van der Waals surface area contributed by atoms with Crippen LogP contribution >= 0.6 is 23.2 Å². The molecule has 0 bridgehead atoms. The smallest absolute Gasteiger partial charge is 0.0985 e. The Labute approximate surface area is 130 Å². The summed E-state index contributed by atoms with van der Waals surface area (Å²) in [4.78, 5) is 2.28. The number of hydrogen-bond acceptors (Lipinski definition) is 3. The standard InChI is InChI=1S/C15H21Cl2NO2/c1-3-15(2,18-7-9-20-10-8-18)14(19)11-5-4-6-12(16)13(11)17/h4-6,14,19H,3,7-10H2,1-2H3. The van der Waals surface area contributed by atoms with Gasteiger partial charge in [0.1, 0.15) is 0 Å². The van der Waals surface area contributed by atoms with E-state index in [1.807, 2.05) is 12.1 Å². The largest absolute Gasteiger partial charge is 0.386 e. The number of nitrogens with zero attached hydrogens (tertiary/aromatic N) is 1. The van der Waals surface area contributed by atoms with E-state index in [1.54, 1.807) is 6.07 Å². The van der Waals surface area contributed by atoms with E-state index >= 15 is 0 Å². The predicted octanol–water partition coefficient (Wildman–Crippen LogP) is 3.53. The second-order valence-electron chi connectivity index (χ2n) is 5.36. The Morgan fingerprint density at radius 2 is 2.00 bits per heavy atom. The van der Waals surface area contributed by atoms with Crippen LogP contribution in [0.1, 0.15) is 31.9 Å². The zero-order valence-corrected chi connectivity index (χ0v) is 13.4. The lowest BCUT2D eigenvalue weighted by molar-refractivity contribution is -0.0734. The van der Waals surface area contributed by atoms with Gasteiger partial charge in [-0.15, -0.1) is 0 Å². The zero-order valence-electron chi connectivity index (χ0n) is 11.9. The van der Waals surface area contributed by atoms with Gasteiger partial charge in [-0.25, -0.2) is 0 Å². The number of halogens is 2. The number of aliphatic hydroxyl groups excluding tert-OH is 1. The van der Waals surface area contributed by atoms with Crippen LogP contribution in [0.15, 0.2) is 18.2 Å². The second kappa shape index (κ2) is 6.63. The molecular weight excluding hydrogens is 297 g/mol. The van der Waals surface area contributed by atoms with Crippen molar-refractivity contribution in [3.63, 3.8) is 0 Å². The number of ether oxygens (including phenoxy) is 1. The third-order valence-corrected chi connectivity index (χ3v) is 5.15. The van der Waals surface area contributed by atoms with Crippen LogP contribution in [-0.4, -0.2) is 41.8 Å². The third kappa shape index (κ3) is 2.97. The summed E-state index contributed by atoms with van der Waals surface area (Å²) in [5.74, 6) is 0. The zero-order chi connectivity index (χ0) is 14.8. The Balaban J connectivity index is 2.32. The van der Waals surface area contributed by atoms with E-state index in [9.17, 15) is 5.11 Å². The molecule has 112 valence electrons. The molecule has 0 saturated carbocycles. The molecule has 2 unspecified atom stereocenters. The van der Waals surface area contributed by atoms with Gasteiger partial charge in [0.15, 0.2) is 0 Å². The van der Waals surface area contributed by atoms with Crippen molar-refractivity contribution in [1.29, 1.82) is 0 Å². The Morgan fingerprint density at radius 1 is 1.35 bits per heavy atom. The lowest BCUT2D eigenvalue weighted by Crippen LogP contribution is -2.54. The van der Waals surface area contributed by atoms with E-state index in [0.29, 0.717) is 28.8 Å². The van der Waals surface area contributed by atoms with Crippen LogP contribution in [-0.2, 0) is 4.74 Å². The van der Waals surface area contributed by atoms with Crippen LogP contribution < -0.4 is 0 Å². The molecule has 0 aromatic heterocycles. The number of hydrogen-bond donors (Lipinski definition) is 1. The van der Waals surface area contributed by atoms with Gasteiger partial charge < -0.3 is 9.84 Å². The lowest BCUT2D eigenvalue weighted by atomic mass is 9.85. The Bertz CT molecular complexity index is 463. The molecular formula is C15H21Cl2NO2. The molecule has 0 amide bonds. The lowest BCUT2D eigenvalue weighted by Gasteiger charge is -2.46. The van der Waals surface area contributed by atoms with E-state index in [1.165, 1.54) is 0 Å². The molecule has 1 aliphatic heterocycles. The monoisotopic (exact) mass is 317 g/mol. The molecule has 3 nitrogen and oxygen atoms in total. The van der Waals surface area contributed by atoms with Crippen molar-refractivity contribution >= 4 is 23.2 Å². The van der Waals surface area contributed by atoms with Crippen molar-refractivity contribution in [3.8, 4) is 0 Å². The summed E-state index contributed by atoms with van der Waals surface area (Å²) >= 11 is 12.3. The van der Waals surface area contributed by atoms with Crippen LogP contribution in [0.25, 0.3) is 0 Å². The fourth-order valence-electron chi connectivity index (χ4n) is 2.73. The Morgan fingerprint density at radius 3 is 2.60 bits per heavy atom. The highest BCUT2D eigenvalue weighted by Crippen LogP contribution is 2.39. The molecule has 0 radical (unpaired) electrons. The van der Waals surface area contributed by atoms with Crippen molar-refractivity contribution in [2.75, 3.05) is 26.3 Å². The fraction of sp³-hybridized carbons (Fsp3) is 0.600. The minimum absolute atomic E-state index is 0.377. The fourth-order valence-corrected chi connectivity index (χ4v) is 3.14. The first-order valence-corrected chi connectivity index (χ1v) is 7.71. The SMILES string of the molecule is CCC(C)(C(O)c1cccc(Cl)c1Cl)N1CCOCC1. The molecule has 1 N–H and O–H groups in total. The summed E-state index contributed by atoms with van der Waals surface area (Å²) in [6.45, 7) is 7.19. The highest BCUT2D eigenvalue weighted by atomic mass is 35.5. The van der Waals surface area contributed by atoms with E-state index in [2.05, 4.69) is 18.7 Å². The molecule has 2 rings (SSSR count). The summed E-state index contributed by atoms with van der Waals surface area (Å²) in [7, 11) is 0. The molecule has 5 heteroatoms. The minimum Gasteiger partial charge on any atom is -0.386 e. The first kappa shape index (κ1) is 16.1. The molecule has 1 aliphatic rings. The molecule has 1 heterocycles. The van der Waals surface area contributed by atoms with Crippen LogP contribution in [0.3, 0.4) is 0 Å². The molecule has 20 heavy (non-hydrogen) atoms. The molecule has 0 spiro atoms. The minimum atomic E-state index is -0.684. The molecule has 1 aromatic carbocycles. The topological polar surface area (TPSA) is 32.7 Å². The van der Waals surface area contributed by atoms with Crippen molar-refractivity contribution in [2.24, 2.45) is 0 Å². The summed E-state index contributed by atoms with van der Waals surface area (Å²) in [5.41, 5.74) is 0.313. The van der Waals surface area contributed by atoms with E-state index in [0.717, 1.165) is 19.5 Å². The average molecular weight is 318 g/mol. The van der Waals surface area contributed by atoms with Crippen molar-refractivity contribution < 1.29 is 9.84 Å². The summed E-state index contributed by atoms with van der Waals surface area (Å²) in [6, 6.07) is 5.40. The van der Waals surface area contributed by atoms with Crippen LogP contribution in [0.4, 0.5) is 0 Å². The van der Waals surface area contributed by atoms with Crippen LogP contribution in [0.2, 0.25) is 10.0 Å². The normalized spacial score (nSPS) is 21.4. The van der Waals surface area contributed by atoms with Gasteiger partial charge in [-0.1, -0.05) is 42.3 Å². The maximum Gasteiger partial charge on any atom is 0.0985 e. The van der Waals surface area contributed by atoms with Gasteiger partial charge in [0.25, 0.3) is 0 Å². The van der Waals surface area contributed by atoms with E-state index < -0.39 is 6.10 Å². The van der Waals surface area contributed by atoms with Crippen LogP contribution in [0.5, 0.6) is 0 Å². The van der Waals surface area contributed by atoms with Crippen LogP contribution in [0, 0.1) is 0 Å². The molecule has 0 aliphatic carbocycles. The van der Waals surface area contributed by atoms with Gasteiger partial charge in [-0.05, 0) is 19.4 Å². The molecule has 1 saturated heterocycles. The van der Waals surface area contributed by atoms with E-state index in [-0.39, 0.29) is 5.54 Å². The van der Waals surface area contributed by atoms with Gasteiger partial charge in [0.05, 0.1) is 29.4 Å². The quantitative estimate of drug-likeness (QED) is 0.922. The van der Waals surface area contributed by atoms with Gasteiger partial charge in [-0.2, -0.15) is 0 Å². The first-order chi connectivity index (χ1) is 9.50. The maximum absolute atomic E-state index is 10.9. The summed E-state index contributed by atoms with van der Waals surface area (Å²) in [5, 5.41) is 11.8. The van der Waals surface area contributed by atoms with Gasteiger partial charge >= 0.3 is 0 Å². The van der Waals surface area contributed by atoms with Crippen molar-refractivity contribution in [2.45, 2.75) is 31.9 Å². The first-order valence-electron chi connectivity index (χ1n) is 6.95. The van der Waals surface area contributed by atoms with Gasteiger partial charge in [0, 0.05) is 24.2 Å². The highest BCUT2D eigenvalue weighted by molar-refractivity contribution is 6.42. The van der Waals surface area contributed by atoms with Gasteiger partial charge in [0.2, 0.25) is 0 Å². The molecule has 1 aromatic rings. The third-order valence-electron chi connectivity index (χ3n) is 4.31. The average Bonchev–Trinajstić information content (AvgIpc) is 2.49. The van der Waals surface area contributed by atoms with E-state index in [4.69, 9.17) is 27.9 Å². The molecule has 2 atom stereocenters. The van der Waals surface area contributed by atoms with Gasteiger partial charge in [-0.3, -0.25) is 4.90 Å². The highest BCUT2D eigenvalue weighted by Gasteiger charge is 2.39. The number of aliphatic hydroxyl groups is 1. The second-order valence-corrected chi connectivity index (χ2v) is 6.14. The Hall–Kier alpha value is -0.320. The number of benzene rings is 1. The summed E-state index contributed by atoms with van der Waals surface area (Å²) < 4.78 is 5.40. The van der Waals surface area contributed by atoms with Crippen molar-refractivity contribution in [3.05, 3.63) is 33.8 Å². The summed E-state index contributed by atoms with van der Waals surface area (Å²) in [6.07, 6.45) is 0.133. The number of rotatable bonds is 4. The number of morpholine rings is 1. The molecule has 1 fully saturated rings. The Kier molecular flexibility index (Phi) is 5.32. The maximum atomic E-state index is 10.9. The predicted molar refractivity (Wildman–Crippen MR) is 82.5 cm³/mol. The van der Waals surface area contributed by atoms with Crippen molar-refractivity contribution in [1.82, 2.24) is 4.90 Å².